The molecule has 4 nitrogen and oxygen atoms in total. The van der Waals surface area contributed by atoms with Crippen LogP contribution in [0.1, 0.15) is 13.3 Å². The van der Waals surface area contributed by atoms with Crippen LogP contribution in [0, 0.1) is 0 Å². The Morgan fingerprint density at radius 1 is 1.77 bits per heavy atom. The van der Waals surface area contributed by atoms with E-state index >= 15 is 0 Å². The van der Waals surface area contributed by atoms with Crippen LogP contribution >= 0.6 is 11.8 Å². The van der Waals surface area contributed by atoms with Crippen LogP contribution < -0.4 is 0 Å². The summed E-state index contributed by atoms with van der Waals surface area (Å²) in [5.74, 6) is -0.807. The number of carboxylic acids is 1. The molecule has 70 valence electrons. The van der Waals surface area contributed by atoms with Crippen LogP contribution in [-0.4, -0.2) is 26.5 Å². The van der Waals surface area contributed by atoms with E-state index < -0.39 is 11.2 Å². The minimum atomic E-state index is -0.807. The SMILES string of the molecule is CCC(Sc1cccnn1)C(=O)O. The van der Waals surface area contributed by atoms with Crippen LogP contribution in [0.25, 0.3) is 0 Å². The zero-order chi connectivity index (χ0) is 9.68. The Labute approximate surface area is 80.4 Å². The molecular formula is C8H10N2O2S. The van der Waals surface area contributed by atoms with Gasteiger partial charge < -0.3 is 5.11 Å². The van der Waals surface area contributed by atoms with Crippen molar-refractivity contribution in [2.45, 2.75) is 23.6 Å². The second-order valence-corrected chi connectivity index (χ2v) is 3.64. The number of carboxylic acid groups (broad SMARTS) is 1. The van der Waals surface area contributed by atoms with Crippen molar-refractivity contribution in [3.8, 4) is 0 Å². The van der Waals surface area contributed by atoms with Gasteiger partial charge in [0.15, 0.2) is 0 Å². The maximum Gasteiger partial charge on any atom is 0.317 e. The number of hydrogen-bond donors (Lipinski definition) is 1. The van der Waals surface area contributed by atoms with Crippen LogP contribution in [-0.2, 0) is 4.79 Å². The quantitative estimate of drug-likeness (QED) is 0.741. The second kappa shape index (κ2) is 4.81. The highest BCUT2D eigenvalue weighted by Crippen LogP contribution is 2.22. The van der Waals surface area contributed by atoms with Crippen molar-refractivity contribution in [2.24, 2.45) is 0 Å². The zero-order valence-electron chi connectivity index (χ0n) is 7.17. The Bertz CT molecular complexity index is 279. The van der Waals surface area contributed by atoms with E-state index in [1.54, 1.807) is 18.3 Å². The van der Waals surface area contributed by atoms with Crippen LogP contribution in [0.3, 0.4) is 0 Å². The van der Waals surface area contributed by atoms with Crippen molar-refractivity contribution in [1.82, 2.24) is 10.2 Å². The fourth-order valence-corrected chi connectivity index (χ4v) is 1.61. The normalized spacial score (nSPS) is 12.4. The Morgan fingerprint density at radius 2 is 2.54 bits per heavy atom. The number of nitrogens with zero attached hydrogens (tertiary/aromatic N) is 2. The van der Waals surface area contributed by atoms with Crippen molar-refractivity contribution in [3.05, 3.63) is 18.3 Å². The fourth-order valence-electron chi connectivity index (χ4n) is 0.804. The van der Waals surface area contributed by atoms with Gasteiger partial charge in [-0.2, -0.15) is 5.10 Å². The molecule has 1 atom stereocenters. The van der Waals surface area contributed by atoms with Crippen molar-refractivity contribution in [1.29, 1.82) is 0 Å². The third-order valence-corrected chi connectivity index (χ3v) is 2.74. The lowest BCUT2D eigenvalue weighted by Gasteiger charge is -2.06. The minimum Gasteiger partial charge on any atom is -0.480 e. The predicted molar refractivity (Wildman–Crippen MR) is 49.6 cm³/mol. The standard InChI is InChI=1S/C8H10N2O2S/c1-2-6(8(11)12)13-7-4-3-5-9-10-7/h3-6H,2H2,1H3,(H,11,12). The molecule has 0 amide bonds. The highest BCUT2D eigenvalue weighted by atomic mass is 32.2. The van der Waals surface area contributed by atoms with Crippen molar-refractivity contribution in [3.63, 3.8) is 0 Å². The number of aliphatic carboxylic acids is 1. The Balaban J connectivity index is 2.62. The van der Waals surface area contributed by atoms with Gasteiger partial charge in [0.1, 0.15) is 10.3 Å². The summed E-state index contributed by atoms with van der Waals surface area (Å²) in [6.45, 7) is 1.84. The summed E-state index contributed by atoms with van der Waals surface area (Å²) >= 11 is 1.22. The van der Waals surface area contributed by atoms with Gasteiger partial charge in [0.2, 0.25) is 0 Å². The molecule has 1 N–H and O–H groups in total. The zero-order valence-corrected chi connectivity index (χ0v) is 7.99. The molecule has 0 aliphatic carbocycles. The predicted octanol–water partition coefficient (Wildman–Crippen LogP) is 1.43. The van der Waals surface area contributed by atoms with Crippen molar-refractivity contribution < 1.29 is 9.90 Å². The topological polar surface area (TPSA) is 63.1 Å². The maximum atomic E-state index is 10.7. The number of carbonyl (C=O) groups is 1. The number of aromatic nitrogens is 2. The molecule has 0 spiro atoms. The van der Waals surface area contributed by atoms with Gasteiger partial charge in [0, 0.05) is 6.20 Å². The Hall–Kier alpha value is -1.10. The monoisotopic (exact) mass is 198 g/mol. The fraction of sp³-hybridized carbons (Fsp3) is 0.375. The van der Waals surface area contributed by atoms with Crippen molar-refractivity contribution >= 4 is 17.7 Å². The van der Waals surface area contributed by atoms with Crippen LogP contribution in [0.2, 0.25) is 0 Å². The van der Waals surface area contributed by atoms with Crippen LogP contribution in [0.4, 0.5) is 0 Å². The van der Waals surface area contributed by atoms with Gasteiger partial charge in [-0.3, -0.25) is 4.79 Å². The smallest absolute Gasteiger partial charge is 0.317 e. The summed E-state index contributed by atoms with van der Waals surface area (Å²) in [5, 5.41) is 16.4. The lowest BCUT2D eigenvalue weighted by Crippen LogP contribution is -2.14. The Kier molecular flexibility index (Phi) is 3.70. The summed E-state index contributed by atoms with van der Waals surface area (Å²) in [7, 11) is 0. The van der Waals surface area contributed by atoms with Gasteiger partial charge in [-0.15, -0.1) is 5.10 Å². The van der Waals surface area contributed by atoms with Gasteiger partial charge >= 0.3 is 5.97 Å². The second-order valence-electron chi connectivity index (χ2n) is 2.41. The van der Waals surface area contributed by atoms with Gasteiger partial charge in [-0.25, -0.2) is 0 Å². The van der Waals surface area contributed by atoms with Gasteiger partial charge in [-0.1, -0.05) is 18.7 Å². The molecule has 0 aliphatic heterocycles. The molecule has 1 heterocycles. The summed E-state index contributed by atoms with van der Waals surface area (Å²) in [6.07, 6.45) is 2.14. The molecule has 5 heteroatoms. The van der Waals surface area contributed by atoms with E-state index in [4.69, 9.17) is 5.11 Å². The highest BCUT2D eigenvalue weighted by molar-refractivity contribution is 8.00. The summed E-state index contributed by atoms with van der Waals surface area (Å²) in [5.41, 5.74) is 0. The van der Waals surface area contributed by atoms with Crippen molar-refractivity contribution in [2.75, 3.05) is 0 Å². The third-order valence-electron chi connectivity index (χ3n) is 1.46. The average Bonchev–Trinajstić information content (AvgIpc) is 2.15. The molecule has 1 unspecified atom stereocenters. The van der Waals surface area contributed by atoms with E-state index in [1.807, 2.05) is 6.92 Å². The summed E-state index contributed by atoms with van der Waals surface area (Å²) < 4.78 is 0. The molecule has 1 rings (SSSR count). The van der Waals surface area contributed by atoms with E-state index in [0.29, 0.717) is 11.4 Å². The largest absolute Gasteiger partial charge is 0.480 e. The van der Waals surface area contributed by atoms with E-state index in [9.17, 15) is 4.79 Å². The molecular weight excluding hydrogens is 188 g/mol. The summed E-state index contributed by atoms with van der Waals surface area (Å²) in [6, 6.07) is 3.49. The minimum absolute atomic E-state index is 0.434. The Morgan fingerprint density at radius 3 is 3.00 bits per heavy atom. The van der Waals surface area contributed by atoms with E-state index in [0.717, 1.165) is 0 Å². The number of thioether (sulfide) groups is 1. The van der Waals surface area contributed by atoms with Crippen LogP contribution in [0.5, 0.6) is 0 Å². The molecule has 1 aromatic rings. The lowest BCUT2D eigenvalue weighted by molar-refractivity contribution is -0.136. The van der Waals surface area contributed by atoms with E-state index in [-0.39, 0.29) is 0 Å². The molecule has 0 radical (unpaired) electrons. The molecule has 1 aromatic heterocycles. The van der Waals surface area contributed by atoms with Gasteiger partial charge in [0.25, 0.3) is 0 Å². The molecule has 0 aromatic carbocycles. The highest BCUT2D eigenvalue weighted by Gasteiger charge is 2.16. The molecule has 0 aliphatic rings. The summed E-state index contributed by atoms with van der Waals surface area (Å²) in [4.78, 5) is 10.7. The first-order valence-corrected chi connectivity index (χ1v) is 4.79. The molecule has 0 saturated heterocycles. The molecule has 0 bridgehead atoms. The van der Waals surface area contributed by atoms with Gasteiger partial charge in [-0.05, 0) is 18.6 Å². The first-order chi connectivity index (χ1) is 6.24. The average molecular weight is 198 g/mol. The number of hydrogen-bond acceptors (Lipinski definition) is 4. The van der Waals surface area contributed by atoms with E-state index in [2.05, 4.69) is 10.2 Å². The molecule has 0 saturated carbocycles. The van der Waals surface area contributed by atoms with Crippen LogP contribution in [0.15, 0.2) is 23.4 Å². The number of rotatable bonds is 4. The lowest BCUT2D eigenvalue weighted by atomic mass is 10.3. The third kappa shape index (κ3) is 3.02. The molecule has 13 heavy (non-hydrogen) atoms. The first kappa shape index (κ1) is 9.98. The molecule has 0 fully saturated rings. The van der Waals surface area contributed by atoms with Gasteiger partial charge in [0.05, 0.1) is 0 Å². The maximum absolute atomic E-state index is 10.7. The van der Waals surface area contributed by atoms with E-state index in [1.165, 1.54) is 11.8 Å². The first-order valence-electron chi connectivity index (χ1n) is 3.91.